The third-order valence-corrected chi connectivity index (χ3v) is 3.94. The van der Waals surface area contributed by atoms with E-state index in [1.807, 2.05) is 18.7 Å². The Balaban J connectivity index is 2.91. The van der Waals surface area contributed by atoms with Crippen LogP contribution in [0, 0.1) is 0 Å². The first kappa shape index (κ1) is 13.4. The summed E-state index contributed by atoms with van der Waals surface area (Å²) in [6.45, 7) is 16.6. The van der Waals surface area contributed by atoms with Gasteiger partial charge >= 0.3 is 9.04 Å². The van der Waals surface area contributed by atoms with Crippen LogP contribution in [0.1, 0.15) is 20.8 Å². The van der Waals surface area contributed by atoms with E-state index in [0.717, 1.165) is 0 Å². The van der Waals surface area contributed by atoms with Crippen molar-refractivity contribution in [3.8, 4) is 0 Å². The molecule has 1 aliphatic heterocycles. The molecule has 0 aromatic rings. The molecule has 1 heterocycles. The molecular formula is C13H18O3Si. The van der Waals surface area contributed by atoms with Gasteiger partial charge in [0.05, 0.1) is 17.3 Å². The number of allylic oxidation sites excluding steroid dienone is 4. The van der Waals surface area contributed by atoms with E-state index in [1.165, 1.54) is 0 Å². The maximum Gasteiger partial charge on any atom is 0.333 e. The molecule has 3 nitrogen and oxygen atoms in total. The molecule has 0 fully saturated rings. The van der Waals surface area contributed by atoms with Gasteiger partial charge in [-0.15, -0.1) is 0 Å². The molecular weight excluding hydrogens is 232 g/mol. The molecule has 0 amide bonds. The maximum absolute atomic E-state index is 5.66. The van der Waals surface area contributed by atoms with Crippen LogP contribution in [0.15, 0.2) is 59.9 Å². The van der Waals surface area contributed by atoms with Gasteiger partial charge in [-0.3, -0.25) is 0 Å². The fourth-order valence-electron chi connectivity index (χ4n) is 1.36. The van der Waals surface area contributed by atoms with Crippen molar-refractivity contribution in [2.75, 3.05) is 0 Å². The first-order valence-electron chi connectivity index (χ1n) is 5.31. The van der Waals surface area contributed by atoms with Gasteiger partial charge in [0.25, 0.3) is 0 Å². The van der Waals surface area contributed by atoms with E-state index in [-0.39, 0.29) is 0 Å². The minimum atomic E-state index is -1.78. The lowest BCUT2D eigenvalue weighted by Crippen LogP contribution is -2.18. The summed E-state index contributed by atoms with van der Waals surface area (Å²) in [6, 6.07) is 0. The maximum atomic E-state index is 5.66. The first-order valence-corrected chi connectivity index (χ1v) is 7.03. The Hall–Kier alpha value is -1.68. The number of ether oxygens (including phenoxy) is 2. The van der Waals surface area contributed by atoms with Crippen LogP contribution in [0.2, 0.25) is 0 Å². The summed E-state index contributed by atoms with van der Waals surface area (Å²) in [5, 5.41) is 0.712. The van der Waals surface area contributed by atoms with Crippen LogP contribution in [0.3, 0.4) is 0 Å². The van der Waals surface area contributed by atoms with Gasteiger partial charge in [-0.2, -0.15) is 0 Å². The van der Waals surface area contributed by atoms with Crippen LogP contribution in [-0.4, -0.2) is 9.04 Å². The second-order valence-corrected chi connectivity index (χ2v) is 5.92. The van der Waals surface area contributed by atoms with E-state index >= 15 is 0 Å². The molecule has 0 saturated heterocycles. The van der Waals surface area contributed by atoms with Crippen LogP contribution in [0.25, 0.3) is 0 Å². The van der Waals surface area contributed by atoms with Crippen LogP contribution < -0.4 is 0 Å². The topological polar surface area (TPSA) is 27.7 Å². The molecule has 0 radical (unpaired) electrons. The average molecular weight is 250 g/mol. The molecule has 0 bridgehead atoms. The van der Waals surface area contributed by atoms with Crippen molar-refractivity contribution in [2.45, 2.75) is 20.8 Å². The van der Waals surface area contributed by atoms with Gasteiger partial charge in [-0.05, 0) is 26.8 Å². The Kier molecular flexibility index (Phi) is 4.40. The second-order valence-electron chi connectivity index (χ2n) is 3.94. The Morgan fingerprint density at radius 3 is 2.06 bits per heavy atom. The monoisotopic (exact) mass is 250 g/mol. The van der Waals surface area contributed by atoms with Crippen molar-refractivity contribution in [3.63, 3.8) is 0 Å². The van der Waals surface area contributed by atoms with E-state index in [4.69, 9.17) is 13.9 Å². The molecule has 4 heteroatoms. The van der Waals surface area contributed by atoms with Gasteiger partial charge in [0.15, 0.2) is 11.1 Å². The van der Waals surface area contributed by atoms with Crippen LogP contribution >= 0.6 is 0 Å². The summed E-state index contributed by atoms with van der Waals surface area (Å²) in [5.41, 5.74) is 1.98. The zero-order chi connectivity index (χ0) is 13.0. The minimum Gasteiger partial charge on any atom is -0.539 e. The van der Waals surface area contributed by atoms with Crippen LogP contribution in [0.5, 0.6) is 0 Å². The van der Waals surface area contributed by atoms with Crippen LogP contribution in [-0.2, 0) is 13.9 Å². The van der Waals surface area contributed by atoms with Gasteiger partial charge in [0.2, 0.25) is 0 Å². The van der Waals surface area contributed by atoms with E-state index in [9.17, 15) is 0 Å². The van der Waals surface area contributed by atoms with Gasteiger partial charge in [-0.1, -0.05) is 25.4 Å². The highest BCUT2D eigenvalue weighted by Crippen LogP contribution is 2.25. The smallest absolute Gasteiger partial charge is 0.333 e. The molecule has 92 valence electrons. The molecule has 1 rings (SSSR count). The van der Waals surface area contributed by atoms with Gasteiger partial charge in [0, 0.05) is 0 Å². The number of hydrogen-bond acceptors (Lipinski definition) is 3. The summed E-state index contributed by atoms with van der Waals surface area (Å²) in [6.07, 6.45) is 1.85. The number of rotatable bonds is 6. The molecule has 0 N–H and O–H groups in total. The second kappa shape index (κ2) is 5.59. The lowest BCUT2D eigenvalue weighted by molar-refractivity contribution is 0.261. The Bertz CT molecular complexity index is 418. The Labute approximate surface area is 104 Å². The molecule has 1 atom stereocenters. The fourth-order valence-corrected chi connectivity index (χ4v) is 3.26. The van der Waals surface area contributed by atoms with Crippen molar-refractivity contribution in [1.82, 2.24) is 0 Å². The van der Waals surface area contributed by atoms with Crippen molar-refractivity contribution >= 4 is 9.04 Å². The van der Waals surface area contributed by atoms with Gasteiger partial charge in [0.1, 0.15) is 0 Å². The van der Waals surface area contributed by atoms with E-state index in [0.29, 0.717) is 28.4 Å². The lowest BCUT2D eigenvalue weighted by atomic mass is 10.5. The van der Waals surface area contributed by atoms with E-state index in [1.54, 1.807) is 13.8 Å². The highest BCUT2D eigenvalue weighted by Gasteiger charge is 2.29. The van der Waals surface area contributed by atoms with E-state index < -0.39 is 9.04 Å². The summed E-state index contributed by atoms with van der Waals surface area (Å²) < 4.78 is 16.7. The van der Waals surface area contributed by atoms with Crippen molar-refractivity contribution in [1.29, 1.82) is 0 Å². The SMILES string of the molecule is C=C(C)OC1=C(OC(=C)C)[SiH](OC(=C)C)C=C1. The van der Waals surface area contributed by atoms with Crippen molar-refractivity contribution in [2.24, 2.45) is 0 Å². The van der Waals surface area contributed by atoms with Gasteiger partial charge < -0.3 is 13.9 Å². The Morgan fingerprint density at radius 1 is 1.00 bits per heavy atom. The molecule has 0 aromatic heterocycles. The zero-order valence-electron chi connectivity index (χ0n) is 10.6. The normalized spacial score (nSPS) is 17.9. The predicted octanol–water partition coefficient (Wildman–Crippen LogP) is 3.22. The molecule has 0 spiro atoms. The molecule has 17 heavy (non-hydrogen) atoms. The molecule has 0 saturated carbocycles. The summed E-state index contributed by atoms with van der Waals surface area (Å²) in [7, 11) is -1.78. The van der Waals surface area contributed by atoms with Crippen molar-refractivity contribution < 1.29 is 13.9 Å². The lowest BCUT2D eigenvalue weighted by Gasteiger charge is -2.16. The summed E-state index contributed by atoms with van der Waals surface area (Å²) in [5.74, 6) is 2.54. The fraction of sp³-hybridized carbons (Fsp3) is 0.231. The summed E-state index contributed by atoms with van der Waals surface area (Å²) in [4.78, 5) is 0. The van der Waals surface area contributed by atoms with Crippen molar-refractivity contribution in [3.05, 3.63) is 59.9 Å². The van der Waals surface area contributed by atoms with Gasteiger partial charge in [-0.25, -0.2) is 0 Å². The largest absolute Gasteiger partial charge is 0.539 e. The highest BCUT2D eigenvalue weighted by molar-refractivity contribution is 6.66. The standard InChI is InChI=1S/C13H18O3Si/c1-9(2)14-12-7-8-17(16-11(5)6)13(12)15-10(3)4/h7-8,17H,1,3,5H2,2,4,6H3. The quantitative estimate of drug-likeness (QED) is 0.535. The minimum absolute atomic E-state index is 0.606. The third-order valence-electron chi connectivity index (χ3n) is 1.82. The average Bonchev–Trinajstić information content (AvgIpc) is 2.47. The summed E-state index contributed by atoms with van der Waals surface area (Å²) >= 11 is 0. The van der Waals surface area contributed by atoms with E-state index in [2.05, 4.69) is 19.7 Å². The number of hydrogen-bond donors (Lipinski definition) is 0. The zero-order valence-corrected chi connectivity index (χ0v) is 11.7. The molecule has 0 aliphatic carbocycles. The van der Waals surface area contributed by atoms with Crippen LogP contribution in [0.4, 0.5) is 0 Å². The first-order chi connectivity index (χ1) is 7.90. The third kappa shape index (κ3) is 3.99. The highest BCUT2D eigenvalue weighted by atomic mass is 28.3. The molecule has 1 unspecified atom stereocenters. The Morgan fingerprint density at radius 2 is 1.59 bits per heavy atom. The molecule has 0 aromatic carbocycles. The predicted molar refractivity (Wildman–Crippen MR) is 71.0 cm³/mol. The molecule has 1 aliphatic rings.